The first-order valence-electron chi connectivity index (χ1n) is 6.70. The number of nitrogens with two attached hydrogens (primary N) is 1. The summed E-state index contributed by atoms with van der Waals surface area (Å²) in [6.45, 7) is 4.39. The highest BCUT2D eigenvalue weighted by molar-refractivity contribution is 7.80. The van der Waals surface area contributed by atoms with Gasteiger partial charge in [0, 0.05) is 13.2 Å². The summed E-state index contributed by atoms with van der Waals surface area (Å²) in [6.07, 6.45) is 3.78. The van der Waals surface area contributed by atoms with Gasteiger partial charge in [-0.2, -0.15) is 0 Å². The van der Waals surface area contributed by atoms with Crippen LogP contribution in [-0.2, 0) is 9.53 Å². The molecule has 1 heterocycles. The molecule has 1 atom stereocenters. The maximum absolute atomic E-state index is 12.3. The highest BCUT2D eigenvalue weighted by Gasteiger charge is 2.50. The Morgan fingerprint density at radius 3 is 2.78 bits per heavy atom. The van der Waals surface area contributed by atoms with Crippen molar-refractivity contribution in [1.29, 1.82) is 0 Å². The molecule has 0 aromatic rings. The van der Waals surface area contributed by atoms with Gasteiger partial charge in [-0.05, 0) is 37.5 Å². The third-order valence-electron chi connectivity index (χ3n) is 4.11. The summed E-state index contributed by atoms with van der Waals surface area (Å²) in [5.74, 6) is 0.984. The number of carbonyl (C=O) groups excluding carboxylic acids is 1. The Balaban J connectivity index is 1.84. The van der Waals surface area contributed by atoms with Gasteiger partial charge in [0.05, 0.1) is 17.0 Å². The second kappa shape index (κ2) is 5.53. The molecule has 0 aromatic carbocycles. The first-order chi connectivity index (χ1) is 8.54. The summed E-state index contributed by atoms with van der Waals surface area (Å²) in [5.41, 5.74) is 5.17. The molecule has 1 aliphatic heterocycles. The number of amides is 1. The molecule has 0 spiro atoms. The van der Waals surface area contributed by atoms with E-state index in [0.29, 0.717) is 23.4 Å². The van der Waals surface area contributed by atoms with Gasteiger partial charge in [-0.25, -0.2) is 0 Å². The van der Waals surface area contributed by atoms with E-state index in [1.807, 2.05) is 0 Å². The van der Waals surface area contributed by atoms with E-state index in [4.69, 9.17) is 22.7 Å². The summed E-state index contributed by atoms with van der Waals surface area (Å²) >= 11 is 5.07. The van der Waals surface area contributed by atoms with E-state index < -0.39 is 5.41 Å². The molecule has 2 aliphatic rings. The van der Waals surface area contributed by atoms with Crippen molar-refractivity contribution >= 4 is 23.1 Å². The van der Waals surface area contributed by atoms with Crippen LogP contribution in [0.15, 0.2) is 0 Å². The maximum atomic E-state index is 12.3. The molecule has 1 saturated carbocycles. The van der Waals surface area contributed by atoms with Gasteiger partial charge in [0.1, 0.15) is 0 Å². The van der Waals surface area contributed by atoms with E-state index in [1.54, 1.807) is 0 Å². The summed E-state index contributed by atoms with van der Waals surface area (Å²) in [7, 11) is 0. The summed E-state index contributed by atoms with van der Waals surface area (Å²) in [5, 5.41) is 3.01. The fourth-order valence-electron chi connectivity index (χ4n) is 3.00. The smallest absolute Gasteiger partial charge is 0.233 e. The van der Waals surface area contributed by atoms with Crippen molar-refractivity contribution in [2.45, 2.75) is 32.6 Å². The molecule has 5 heteroatoms. The zero-order valence-corrected chi connectivity index (χ0v) is 11.7. The molecule has 0 radical (unpaired) electrons. The quantitative estimate of drug-likeness (QED) is 0.754. The molecule has 102 valence electrons. The fourth-order valence-corrected chi connectivity index (χ4v) is 3.26. The van der Waals surface area contributed by atoms with Crippen molar-refractivity contribution in [1.82, 2.24) is 5.32 Å². The van der Waals surface area contributed by atoms with Gasteiger partial charge in [0.25, 0.3) is 0 Å². The maximum Gasteiger partial charge on any atom is 0.233 e. The number of rotatable bonds is 4. The molecule has 18 heavy (non-hydrogen) atoms. The number of ether oxygens (including phenoxy) is 1. The van der Waals surface area contributed by atoms with Gasteiger partial charge >= 0.3 is 0 Å². The predicted molar refractivity (Wildman–Crippen MR) is 74.2 cm³/mol. The number of hydrogen-bond donors (Lipinski definition) is 2. The lowest BCUT2D eigenvalue weighted by atomic mass is 9.62. The van der Waals surface area contributed by atoms with E-state index in [1.165, 1.54) is 0 Å². The zero-order chi connectivity index (χ0) is 13.2. The highest BCUT2D eigenvalue weighted by atomic mass is 32.1. The first-order valence-corrected chi connectivity index (χ1v) is 7.11. The lowest BCUT2D eigenvalue weighted by Crippen LogP contribution is -2.56. The molecule has 1 saturated heterocycles. The molecular weight excluding hydrogens is 248 g/mol. The van der Waals surface area contributed by atoms with Crippen LogP contribution in [0.1, 0.15) is 32.6 Å². The Labute approximate surface area is 114 Å². The molecule has 3 N–H and O–H groups in total. The molecular formula is C13H22N2O2S. The van der Waals surface area contributed by atoms with Gasteiger partial charge in [-0.3, -0.25) is 4.79 Å². The molecule has 4 nitrogen and oxygen atoms in total. The Kier molecular flexibility index (Phi) is 4.22. The van der Waals surface area contributed by atoms with Crippen LogP contribution in [0, 0.1) is 17.3 Å². The van der Waals surface area contributed by atoms with Crippen molar-refractivity contribution < 1.29 is 9.53 Å². The van der Waals surface area contributed by atoms with Crippen molar-refractivity contribution in [2.75, 3.05) is 19.8 Å². The lowest BCUT2D eigenvalue weighted by molar-refractivity contribution is -0.133. The van der Waals surface area contributed by atoms with E-state index in [9.17, 15) is 4.79 Å². The Bertz CT molecular complexity index is 334. The molecule has 0 bridgehead atoms. The molecule has 1 amide bonds. The average Bonchev–Trinajstić information content (AvgIpc) is 2.32. The normalized spacial score (nSPS) is 35.6. The molecule has 1 unspecified atom stereocenters. The largest absolute Gasteiger partial charge is 0.392 e. The minimum absolute atomic E-state index is 0.0127. The van der Waals surface area contributed by atoms with Crippen molar-refractivity contribution in [3.63, 3.8) is 0 Å². The third-order valence-corrected chi connectivity index (χ3v) is 4.50. The average molecular weight is 270 g/mol. The van der Waals surface area contributed by atoms with Gasteiger partial charge in [-0.15, -0.1) is 0 Å². The van der Waals surface area contributed by atoms with Crippen molar-refractivity contribution in [3.8, 4) is 0 Å². The zero-order valence-electron chi connectivity index (χ0n) is 10.9. The van der Waals surface area contributed by atoms with Crippen LogP contribution in [0.2, 0.25) is 0 Å². The predicted octanol–water partition coefficient (Wildman–Crippen LogP) is 1.23. The monoisotopic (exact) mass is 270 g/mol. The highest BCUT2D eigenvalue weighted by Crippen LogP contribution is 2.45. The van der Waals surface area contributed by atoms with Crippen molar-refractivity contribution in [2.24, 2.45) is 23.0 Å². The number of thiocarbonyl (C=S) groups is 1. The van der Waals surface area contributed by atoms with Crippen LogP contribution in [0.3, 0.4) is 0 Å². The standard InChI is InChI=1S/C13H22N2O2S/c1-9-5-13(6-9,11(14)18)12(16)15-7-10-3-2-4-17-8-10/h9-10H,2-8H2,1H3,(H2,14,18)(H,15,16). The van der Waals surface area contributed by atoms with Crippen LogP contribution in [-0.4, -0.2) is 30.7 Å². The number of nitrogens with one attached hydrogen (secondary N) is 1. The van der Waals surface area contributed by atoms with Gasteiger partial charge in [-0.1, -0.05) is 19.1 Å². The molecule has 2 rings (SSSR count). The minimum Gasteiger partial charge on any atom is -0.392 e. The van der Waals surface area contributed by atoms with Gasteiger partial charge < -0.3 is 15.8 Å². The van der Waals surface area contributed by atoms with E-state index >= 15 is 0 Å². The van der Waals surface area contributed by atoms with Crippen LogP contribution < -0.4 is 11.1 Å². The Hall–Kier alpha value is -0.680. The van der Waals surface area contributed by atoms with Crippen LogP contribution in [0.4, 0.5) is 0 Å². The van der Waals surface area contributed by atoms with Crippen LogP contribution in [0.5, 0.6) is 0 Å². The Morgan fingerprint density at radius 1 is 1.56 bits per heavy atom. The number of hydrogen-bond acceptors (Lipinski definition) is 3. The molecule has 0 aromatic heterocycles. The van der Waals surface area contributed by atoms with Gasteiger partial charge in [0.15, 0.2) is 0 Å². The van der Waals surface area contributed by atoms with Gasteiger partial charge in [0.2, 0.25) is 5.91 Å². The second-order valence-corrected chi connectivity index (χ2v) is 6.19. The summed E-state index contributed by atoms with van der Waals surface area (Å²) in [4.78, 5) is 12.6. The van der Waals surface area contributed by atoms with Crippen LogP contribution in [0.25, 0.3) is 0 Å². The van der Waals surface area contributed by atoms with Crippen molar-refractivity contribution in [3.05, 3.63) is 0 Å². The fraction of sp³-hybridized carbons (Fsp3) is 0.846. The Morgan fingerprint density at radius 2 is 2.28 bits per heavy atom. The second-order valence-electron chi connectivity index (χ2n) is 5.75. The summed E-state index contributed by atoms with van der Waals surface area (Å²) < 4.78 is 5.40. The van der Waals surface area contributed by atoms with E-state index in [-0.39, 0.29) is 5.91 Å². The third kappa shape index (κ3) is 2.67. The SMILES string of the molecule is CC1CC(C(=O)NCC2CCCOC2)(C(N)=S)C1. The first kappa shape index (κ1) is 13.7. The molecule has 2 fully saturated rings. The summed E-state index contributed by atoms with van der Waals surface area (Å²) in [6, 6.07) is 0. The van der Waals surface area contributed by atoms with E-state index in [0.717, 1.165) is 38.9 Å². The minimum atomic E-state index is -0.579. The number of carbonyl (C=O) groups is 1. The van der Waals surface area contributed by atoms with Crippen LogP contribution >= 0.6 is 12.2 Å². The topological polar surface area (TPSA) is 64.3 Å². The molecule has 1 aliphatic carbocycles. The lowest BCUT2D eigenvalue weighted by Gasteiger charge is -2.44. The van der Waals surface area contributed by atoms with E-state index in [2.05, 4.69) is 12.2 Å².